The van der Waals surface area contributed by atoms with E-state index in [2.05, 4.69) is 13.8 Å². The molecule has 1 N–H and O–H groups in total. The van der Waals surface area contributed by atoms with Crippen molar-refractivity contribution in [3.05, 3.63) is 28.8 Å². The second kappa shape index (κ2) is 4.51. The Kier molecular flexibility index (Phi) is 3.37. The maximum Gasteiger partial charge on any atom is 0.125 e. The van der Waals surface area contributed by atoms with Gasteiger partial charge in [0.2, 0.25) is 0 Å². The first-order valence-electron chi connectivity index (χ1n) is 6.02. The van der Waals surface area contributed by atoms with Gasteiger partial charge in [0.1, 0.15) is 5.75 Å². The van der Waals surface area contributed by atoms with Crippen LogP contribution in [0.3, 0.4) is 0 Å². The van der Waals surface area contributed by atoms with Crippen LogP contribution >= 0.6 is 11.6 Å². The highest BCUT2D eigenvalue weighted by Gasteiger charge is 2.46. The third-order valence-corrected chi connectivity index (χ3v) is 4.04. The molecular formula is C14H19ClO2. The number of rotatable bonds is 3. The van der Waals surface area contributed by atoms with Gasteiger partial charge in [0.05, 0.1) is 12.7 Å². The van der Waals surface area contributed by atoms with Crippen molar-refractivity contribution in [1.29, 1.82) is 0 Å². The second-order valence-electron chi connectivity index (χ2n) is 5.29. The van der Waals surface area contributed by atoms with Crippen LogP contribution in [0.25, 0.3) is 0 Å². The lowest BCUT2D eigenvalue weighted by atomic mass is 9.63. The monoisotopic (exact) mass is 254 g/mol. The molecule has 1 aliphatic carbocycles. The molecule has 0 unspecified atom stereocenters. The van der Waals surface area contributed by atoms with E-state index in [-0.39, 0.29) is 0 Å². The molecular weight excluding hydrogens is 236 g/mol. The van der Waals surface area contributed by atoms with Crippen LogP contribution in [0.5, 0.6) is 5.75 Å². The number of ether oxygens (including phenoxy) is 1. The molecule has 1 saturated carbocycles. The zero-order chi connectivity index (χ0) is 12.6. The SMILES string of the molecule is COc1ccc(Cl)cc1C1(O)CC(C(C)C)C1. The molecule has 0 radical (unpaired) electrons. The van der Waals surface area contributed by atoms with Gasteiger partial charge in [-0.3, -0.25) is 0 Å². The van der Waals surface area contributed by atoms with Gasteiger partial charge < -0.3 is 9.84 Å². The molecule has 1 fully saturated rings. The van der Waals surface area contributed by atoms with E-state index in [1.165, 1.54) is 0 Å². The summed E-state index contributed by atoms with van der Waals surface area (Å²) in [6.07, 6.45) is 1.59. The molecule has 17 heavy (non-hydrogen) atoms. The summed E-state index contributed by atoms with van der Waals surface area (Å²) < 4.78 is 5.30. The highest BCUT2D eigenvalue weighted by Crippen LogP contribution is 2.51. The van der Waals surface area contributed by atoms with E-state index in [0.29, 0.717) is 16.9 Å². The number of hydrogen-bond donors (Lipinski definition) is 1. The molecule has 0 bridgehead atoms. The Bertz CT molecular complexity index is 409. The third kappa shape index (κ3) is 2.29. The minimum Gasteiger partial charge on any atom is -0.496 e. The van der Waals surface area contributed by atoms with E-state index in [0.717, 1.165) is 24.2 Å². The van der Waals surface area contributed by atoms with Crippen LogP contribution in [0.2, 0.25) is 5.02 Å². The Hall–Kier alpha value is -0.730. The fraction of sp³-hybridized carbons (Fsp3) is 0.571. The maximum absolute atomic E-state index is 10.6. The summed E-state index contributed by atoms with van der Waals surface area (Å²) in [6.45, 7) is 4.39. The number of benzene rings is 1. The summed E-state index contributed by atoms with van der Waals surface area (Å²) in [7, 11) is 1.62. The summed E-state index contributed by atoms with van der Waals surface area (Å²) in [4.78, 5) is 0. The molecule has 0 aromatic heterocycles. The largest absolute Gasteiger partial charge is 0.496 e. The van der Waals surface area contributed by atoms with Gasteiger partial charge in [0.15, 0.2) is 0 Å². The Morgan fingerprint density at radius 3 is 2.59 bits per heavy atom. The highest BCUT2D eigenvalue weighted by molar-refractivity contribution is 6.30. The summed E-state index contributed by atoms with van der Waals surface area (Å²) in [5, 5.41) is 11.2. The van der Waals surface area contributed by atoms with E-state index in [1.807, 2.05) is 12.1 Å². The summed E-state index contributed by atoms with van der Waals surface area (Å²) in [6, 6.07) is 5.42. The Balaban J connectivity index is 2.26. The van der Waals surface area contributed by atoms with Crippen molar-refractivity contribution in [3.8, 4) is 5.75 Å². The minimum atomic E-state index is -0.759. The van der Waals surface area contributed by atoms with E-state index in [1.54, 1.807) is 13.2 Å². The highest BCUT2D eigenvalue weighted by atomic mass is 35.5. The zero-order valence-corrected chi connectivity index (χ0v) is 11.3. The Labute approximate surface area is 108 Å². The summed E-state index contributed by atoms with van der Waals surface area (Å²) in [5.41, 5.74) is 0.0648. The molecule has 1 aliphatic rings. The van der Waals surface area contributed by atoms with Crippen molar-refractivity contribution < 1.29 is 9.84 Å². The van der Waals surface area contributed by atoms with E-state index < -0.39 is 5.60 Å². The fourth-order valence-electron chi connectivity index (χ4n) is 2.54. The van der Waals surface area contributed by atoms with Crippen LogP contribution in [0, 0.1) is 11.8 Å². The third-order valence-electron chi connectivity index (χ3n) is 3.81. The van der Waals surface area contributed by atoms with Gasteiger partial charge in [-0.25, -0.2) is 0 Å². The molecule has 0 amide bonds. The fourth-order valence-corrected chi connectivity index (χ4v) is 2.71. The first kappa shape index (κ1) is 12.7. The van der Waals surface area contributed by atoms with Crippen molar-refractivity contribution in [3.63, 3.8) is 0 Å². The molecule has 1 aromatic carbocycles. The second-order valence-corrected chi connectivity index (χ2v) is 5.72. The summed E-state index contributed by atoms with van der Waals surface area (Å²) >= 11 is 5.99. The van der Waals surface area contributed by atoms with Gasteiger partial charge in [-0.15, -0.1) is 0 Å². The number of halogens is 1. The molecule has 0 heterocycles. The van der Waals surface area contributed by atoms with Gasteiger partial charge in [-0.05, 0) is 42.9 Å². The van der Waals surface area contributed by atoms with Crippen LogP contribution in [-0.4, -0.2) is 12.2 Å². The normalized spacial score (nSPS) is 28.0. The first-order chi connectivity index (χ1) is 7.96. The van der Waals surface area contributed by atoms with Crippen LogP contribution in [0.4, 0.5) is 0 Å². The minimum absolute atomic E-state index is 0.587. The molecule has 0 saturated heterocycles. The number of hydrogen-bond acceptors (Lipinski definition) is 2. The van der Waals surface area contributed by atoms with Crippen molar-refractivity contribution in [1.82, 2.24) is 0 Å². The molecule has 0 aliphatic heterocycles. The molecule has 94 valence electrons. The predicted octanol–water partition coefficient (Wildman–Crippen LogP) is 3.60. The van der Waals surface area contributed by atoms with Gasteiger partial charge in [-0.1, -0.05) is 25.4 Å². The Morgan fingerprint density at radius 2 is 2.06 bits per heavy atom. The van der Waals surface area contributed by atoms with Crippen LogP contribution in [0.15, 0.2) is 18.2 Å². The van der Waals surface area contributed by atoms with Crippen molar-refractivity contribution in [2.45, 2.75) is 32.3 Å². The lowest BCUT2D eigenvalue weighted by Gasteiger charge is -2.46. The van der Waals surface area contributed by atoms with Gasteiger partial charge >= 0.3 is 0 Å². The van der Waals surface area contributed by atoms with Gasteiger partial charge in [0, 0.05) is 10.6 Å². The molecule has 0 atom stereocenters. The van der Waals surface area contributed by atoms with Crippen LogP contribution < -0.4 is 4.74 Å². The number of methoxy groups -OCH3 is 1. The lowest BCUT2D eigenvalue weighted by molar-refractivity contribution is -0.0945. The average Bonchev–Trinajstić information content (AvgIpc) is 2.24. The molecule has 0 spiro atoms. The Morgan fingerprint density at radius 1 is 1.41 bits per heavy atom. The van der Waals surface area contributed by atoms with Crippen LogP contribution in [0.1, 0.15) is 32.3 Å². The molecule has 2 rings (SSSR count). The first-order valence-corrected chi connectivity index (χ1v) is 6.40. The number of aliphatic hydroxyl groups is 1. The van der Waals surface area contributed by atoms with Gasteiger partial charge in [0.25, 0.3) is 0 Å². The zero-order valence-electron chi connectivity index (χ0n) is 10.5. The predicted molar refractivity (Wildman–Crippen MR) is 69.5 cm³/mol. The standard InChI is InChI=1S/C14H19ClO2/c1-9(2)10-7-14(16,8-10)12-6-11(15)4-5-13(12)17-3/h4-6,9-10,16H,7-8H2,1-3H3. The average molecular weight is 255 g/mol. The molecule has 1 aromatic rings. The smallest absolute Gasteiger partial charge is 0.125 e. The molecule has 2 nitrogen and oxygen atoms in total. The van der Waals surface area contributed by atoms with E-state index in [9.17, 15) is 5.11 Å². The summed E-state index contributed by atoms with van der Waals surface area (Å²) in [5.74, 6) is 1.92. The van der Waals surface area contributed by atoms with Crippen molar-refractivity contribution >= 4 is 11.6 Å². The topological polar surface area (TPSA) is 29.5 Å². The molecule has 3 heteroatoms. The van der Waals surface area contributed by atoms with Crippen molar-refractivity contribution in [2.75, 3.05) is 7.11 Å². The maximum atomic E-state index is 10.6. The van der Waals surface area contributed by atoms with Crippen molar-refractivity contribution in [2.24, 2.45) is 11.8 Å². The quantitative estimate of drug-likeness (QED) is 0.893. The van der Waals surface area contributed by atoms with Crippen LogP contribution in [-0.2, 0) is 5.60 Å². The van der Waals surface area contributed by atoms with E-state index >= 15 is 0 Å². The van der Waals surface area contributed by atoms with Gasteiger partial charge in [-0.2, -0.15) is 0 Å². The lowest BCUT2D eigenvalue weighted by Crippen LogP contribution is -2.43. The van der Waals surface area contributed by atoms with E-state index in [4.69, 9.17) is 16.3 Å².